The van der Waals surface area contributed by atoms with Crippen molar-refractivity contribution < 1.29 is 14.3 Å². The van der Waals surface area contributed by atoms with Gasteiger partial charge < -0.3 is 0 Å². The summed E-state index contributed by atoms with van der Waals surface area (Å²) in [6, 6.07) is 26.5. The molecule has 1 atom stereocenters. The second-order valence-electron chi connectivity index (χ2n) is 6.17. The van der Waals surface area contributed by atoms with Crippen LogP contribution in [0, 0.1) is 6.92 Å². The van der Waals surface area contributed by atoms with Gasteiger partial charge in [-0.2, -0.15) is 0 Å². The third kappa shape index (κ3) is 4.68. The number of rotatable bonds is 7. The molecule has 3 rings (SSSR count). The van der Waals surface area contributed by atoms with Crippen molar-refractivity contribution in [1.29, 1.82) is 0 Å². The van der Waals surface area contributed by atoms with Gasteiger partial charge in [0.15, 0.2) is 0 Å². The number of carbonyl (C=O) groups excluding carboxylic acids is 1. The quantitative estimate of drug-likeness (QED) is 0.367. The molecule has 0 spiro atoms. The zero-order valence-electron chi connectivity index (χ0n) is 16.0. The molecule has 28 heavy (non-hydrogen) atoms. The van der Waals surface area contributed by atoms with Gasteiger partial charge in [0.2, 0.25) is 0 Å². The van der Waals surface area contributed by atoms with E-state index in [1.54, 1.807) is 7.11 Å². The summed E-state index contributed by atoms with van der Waals surface area (Å²) < 4.78 is 12.3. The molecule has 0 bridgehead atoms. The van der Waals surface area contributed by atoms with Crippen molar-refractivity contribution in [3.63, 3.8) is 0 Å². The van der Waals surface area contributed by atoms with Crippen molar-refractivity contribution in [3.8, 4) is 5.75 Å². The van der Waals surface area contributed by atoms with E-state index in [1.165, 1.54) is 17.1 Å². The molecule has 0 saturated heterocycles. The fourth-order valence-corrected chi connectivity index (χ4v) is 9.65. The summed E-state index contributed by atoms with van der Waals surface area (Å²) in [5.41, 5.74) is 2.22. The van der Waals surface area contributed by atoms with E-state index in [-0.39, 0.29) is 35.9 Å². The Hall–Kier alpha value is -2.03. The predicted octanol–water partition coefficient (Wildman–Crippen LogP) is 2.39. The van der Waals surface area contributed by atoms with Gasteiger partial charge in [0, 0.05) is 0 Å². The molecule has 0 amide bonds. The van der Waals surface area contributed by atoms with Crippen molar-refractivity contribution in [2.24, 2.45) is 0 Å². The maximum atomic E-state index is 13.2. The van der Waals surface area contributed by atoms with Gasteiger partial charge >= 0.3 is 179 Å². The number of aryl methyl sites for hydroxylation is 1. The molecule has 0 aliphatic carbocycles. The summed E-state index contributed by atoms with van der Waals surface area (Å²) in [5, 5.41) is 0. The van der Waals surface area contributed by atoms with E-state index in [4.69, 9.17) is 9.47 Å². The maximum absolute atomic E-state index is 13.2. The summed E-state index contributed by atoms with van der Waals surface area (Å²) in [7, 11) is 3.14. The first kappa shape index (κ1) is 20.7. The van der Waals surface area contributed by atoms with E-state index in [9.17, 15) is 4.79 Å². The summed E-state index contributed by atoms with van der Waals surface area (Å²) in [6.45, 7) is 2.07. The number of benzene rings is 3. The van der Waals surface area contributed by atoms with Gasteiger partial charge in [-0.1, -0.05) is 0 Å². The summed E-state index contributed by atoms with van der Waals surface area (Å²) in [5.74, 6) is 0.641. The van der Waals surface area contributed by atoms with E-state index < -0.39 is 3.21 Å². The Morgan fingerprint density at radius 3 is 1.82 bits per heavy atom. The number of esters is 1. The molecule has 0 N–H and O–H groups in total. The van der Waals surface area contributed by atoms with E-state index in [1.807, 2.05) is 54.6 Å². The zero-order valence-corrected chi connectivity index (χ0v) is 19.5. The Balaban J connectivity index is 2.08. The minimum atomic E-state index is -0.681. The number of hydrogen-bond donors (Lipinski definition) is 0. The standard InChI is InChI=1S/C23H22O3Se2/c1-17-9-13-20(14-10-17)27-23(22(24)26-3,18-7-5-4-6-8-18)28-21-15-11-19(25-2)12-16-21/h4-16H,1-3H3. The second kappa shape index (κ2) is 9.45. The molecule has 3 aromatic rings. The fraction of sp³-hybridized carbons (Fsp3) is 0.174. The van der Waals surface area contributed by atoms with Crippen LogP contribution in [0.4, 0.5) is 0 Å². The number of methoxy groups -OCH3 is 2. The topological polar surface area (TPSA) is 35.5 Å². The van der Waals surface area contributed by atoms with E-state index in [0.29, 0.717) is 0 Å². The van der Waals surface area contributed by atoms with Gasteiger partial charge in [0.25, 0.3) is 0 Å². The van der Waals surface area contributed by atoms with Crippen LogP contribution in [-0.4, -0.2) is 50.1 Å². The molecule has 0 heterocycles. The first-order valence-corrected chi connectivity index (χ1v) is 12.2. The molecular weight excluding hydrogens is 482 g/mol. The number of carbonyl (C=O) groups is 1. The first-order valence-electron chi connectivity index (χ1n) is 8.80. The predicted molar refractivity (Wildman–Crippen MR) is 115 cm³/mol. The molecule has 0 aliphatic heterocycles. The van der Waals surface area contributed by atoms with Crippen LogP contribution in [0.5, 0.6) is 5.75 Å². The third-order valence-electron chi connectivity index (χ3n) is 4.21. The van der Waals surface area contributed by atoms with Crippen LogP contribution in [0.15, 0.2) is 78.9 Å². The number of ether oxygens (including phenoxy) is 2. The molecular formula is C23H22O3Se2. The molecule has 0 radical (unpaired) electrons. The van der Waals surface area contributed by atoms with Gasteiger partial charge in [0.05, 0.1) is 0 Å². The van der Waals surface area contributed by atoms with E-state index in [2.05, 4.69) is 31.2 Å². The first-order chi connectivity index (χ1) is 13.6. The minimum absolute atomic E-state index is 0.130. The van der Waals surface area contributed by atoms with Crippen LogP contribution in [0.1, 0.15) is 11.1 Å². The van der Waals surface area contributed by atoms with E-state index >= 15 is 0 Å². The van der Waals surface area contributed by atoms with Crippen LogP contribution < -0.4 is 13.7 Å². The number of hydrogen-bond acceptors (Lipinski definition) is 3. The Morgan fingerprint density at radius 2 is 1.32 bits per heavy atom. The second-order valence-corrected chi connectivity index (χ2v) is 12.9. The molecule has 0 fully saturated rings. The van der Waals surface area contributed by atoms with Crippen LogP contribution in [0.3, 0.4) is 0 Å². The van der Waals surface area contributed by atoms with Crippen molar-refractivity contribution in [2.75, 3.05) is 14.2 Å². The van der Waals surface area contributed by atoms with Crippen molar-refractivity contribution in [1.82, 2.24) is 0 Å². The Morgan fingerprint density at radius 1 is 0.786 bits per heavy atom. The molecule has 1 unspecified atom stereocenters. The molecule has 144 valence electrons. The van der Waals surface area contributed by atoms with Crippen molar-refractivity contribution in [3.05, 3.63) is 90.0 Å². The summed E-state index contributed by atoms with van der Waals surface area (Å²) in [4.78, 5) is 13.2. The van der Waals surface area contributed by atoms with Gasteiger partial charge in [-0.05, 0) is 0 Å². The van der Waals surface area contributed by atoms with Crippen LogP contribution >= 0.6 is 0 Å². The van der Waals surface area contributed by atoms with Crippen molar-refractivity contribution >= 4 is 44.8 Å². The average Bonchev–Trinajstić information content (AvgIpc) is 2.75. The van der Waals surface area contributed by atoms with Gasteiger partial charge in [-0.15, -0.1) is 0 Å². The molecule has 0 aliphatic rings. The summed E-state index contributed by atoms with van der Waals surface area (Å²) >= 11 is -0.284. The average molecular weight is 504 g/mol. The Bertz CT molecular complexity index is 909. The van der Waals surface area contributed by atoms with Crippen molar-refractivity contribution in [2.45, 2.75) is 10.1 Å². The molecule has 3 nitrogen and oxygen atoms in total. The third-order valence-corrected chi connectivity index (χ3v) is 11.1. The molecule has 0 saturated carbocycles. The molecule has 0 aromatic heterocycles. The van der Waals surface area contributed by atoms with Gasteiger partial charge in [0.1, 0.15) is 0 Å². The molecule has 3 aromatic carbocycles. The fourth-order valence-electron chi connectivity index (χ4n) is 2.71. The van der Waals surface area contributed by atoms with Gasteiger partial charge in [-0.3, -0.25) is 0 Å². The van der Waals surface area contributed by atoms with Crippen LogP contribution in [0.25, 0.3) is 0 Å². The SMILES string of the molecule is COC(=O)C([Se]c1ccc(C)cc1)([Se]c1ccc(OC)cc1)c1ccccc1. The normalized spacial score (nSPS) is 12.8. The zero-order chi connectivity index (χ0) is 20.0. The Kier molecular flexibility index (Phi) is 6.98. The Labute approximate surface area is 178 Å². The van der Waals surface area contributed by atoms with Crippen LogP contribution in [-0.2, 0) is 12.7 Å². The summed E-state index contributed by atoms with van der Waals surface area (Å²) in [6.07, 6.45) is 0. The van der Waals surface area contributed by atoms with Crippen LogP contribution in [0.2, 0.25) is 0 Å². The van der Waals surface area contributed by atoms with E-state index in [0.717, 1.165) is 15.8 Å². The molecule has 5 heteroatoms. The monoisotopic (exact) mass is 506 g/mol. The van der Waals surface area contributed by atoms with Gasteiger partial charge in [-0.25, -0.2) is 0 Å².